The maximum absolute atomic E-state index is 13.4. The highest BCUT2D eigenvalue weighted by molar-refractivity contribution is 7.90. The lowest BCUT2D eigenvalue weighted by atomic mass is 10.1. The number of aromatic nitrogens is 3. The van der Waals surface area contributed by atoms with Crippen molar-refractivity contribution in [2.75, 3.05) is 35.7 Å². The van der Waals surface area contributed by atoms with Crippen LogP contribution in [0.2, 0.25) is 0 Å². The van der Waals surface area contributed by atoms with Crippen molar-refractivity contribution in [2.45, 2.75) is 36.4 Å². The summed E-state index contributed by atoms with van der Waals surface area (Å²) in [6.07, 6.45) is 1.03. The highest BCUT2D eigenvalue weighted by Crippen LogP contribution is 2.37. The Balaban J connectivity index is 1.26. The van der Waals surface area contributed by atoms with Crippen LogP contribution >= 0.6 is 0 Å². The summed E-state index contributed by atoms with van der Waals surface area (Å²) in [6.45, 7) is 1.40. The van der Waals surface area contributed by atoms with Crippen LogP contribution in [0.3, 0.4) is 0 Å². The molecular formula is C24H24F3N5O3S. The van der Waals surface area contributed by atoms with Gasteiger partial charge in [0, 0.05) is 56.7 Å². The highest BCUT2D eigenvalue weighted by atomic mass is 32.2. The Morgan fingerprint density at radius 2 is 1.81 bits per heavy atom. The highest BCUT2D eigenvalue weighted by Gasteiger charge is 2.36. The summed E-state index contributed by atoms with van der Waals surface area (Å²) in [5.74, 6) is 0.958. The molecule has 8 nitrogen and oxygen atoms in total. The Morgan fingerprint density at radius 3 is 2.53 bits per heavy atom. The Morgan fingerprint density at radius 1 is 1.03 bits per heavy atom. The van der Waals surface area contributed by atoms with E-state index in [1.165, 1.54) is 24.8 Å². The third-order valence-electron chi connectivity index (χ3n) is 6.40. The Hall–Kier alpha value is -3.41. The lowest BCUT2D eigenvalue weighted by molar-refractivity contribution is -0.137. The summed E-state index contributed by atoms with van der Waals surface area (Å²) in [6, 6.07) is 9.13. The number of rotatable bonds is 5. The number of hydrogen-bond donors (Lipinski definition) is 0. The van der Waals surface area contributed by atoms with Crippen LogP contribution < -0.4 is 14.5 Å². The zero-order valence-electron chi connectivity index (χ0n) is 19.4. The number of nitrogens with zero attached hydrogens (tertiary/aromatic N) is 5. The zero-order valence-corrected chi connectivity index (χ0v) is 20.3. The van der Waals surface area contributed by atoms with E-state index < -0.39 is 21.6 Å². The van der Waals surface area contributed by atoms with E-state index >= 15 is 0 Å². The van der Waals surface area contributed by atoms with Gasteiger partial charge in [-0.15, -0.1) is 0 Å². The van der Waals surface area contributed by atoms with Crippen molar-refractivity contribution in [1.29, 1.82) is 0 Å². The molecule has 2 aliphatic rings. The topological polar surface area (TPSA) is 88.5 Å². The first-order chi connectivity index (χ1) is 17.1. The molecule has 0 bridgehead atoms. The average molecular weight is 520 g/mol. The van der Waals surface area contributed by atoms with Crippen LogP contribution in [-0.4, -0.2) is 55.4 Å². The van der Waals surface area contributed by atoms with Gasteiger partial charge < -0.3 is 14.5 Å². The second kappa shape index (κ2) is 9.23. The molecule has 1 aromatic carbocycles. The maximum atomic E-state index is 13.4. The number of halogens is 3. The molecular weight excluding hydrogens is 495 g/mol. The van der Waals surface area contributed by atoms with Crippen LogP contribution in [0.1, 0.15) is 24.0 Å². The van der Waals surface area contributed by atoms with E-state index in [1.54, 1.807) is 29.2 Å². The minimum Gasteiger partial charge on any atom is -0.474 e. The number of anilines is 3. The van der Waals surface area contributed by atoms with Gasteiger partial charge in [0.05, 0.1) is 10.5 Å². The van der Waals surface area contributed by atoms with Crippen molar-refractivity contribution in [3.05, 3.63) is 60.0 Å². The molecule has 1 saturated heterocycles. The molecule has 0 aliphatic carbocycles. The van der Waals surface area contributed by atoms with Crippen molar-refractivity contribution in [3.8, 4) is 5.88 Å². The van der Waals surface area contributed by atoms with Crippen LogP contribution in [0.5, 0.6) is 5.88 Å². The molecule has 5 rings (SSSR count). The number of pyridine rings is 1. The number of piperidine rings is 1. The van der Waals surface area contributed by atoms with Crippen molar-refractivity contribution in [2.24, 2.45) is 0 Å². The van der Waals surface area contributed by atoms with Gasteiger partial charge in [-0.1, -0.05) is 0 Å². The fourth-order valence-corrected chi connectivity index (χ4v) is 5.29. The molecule has 0 spiro atoms. The van der Waals surface area contributed by atoms with Gasteiger partial charge in [-0.05, 0) is 42.3 Å². The number of hydrogen-bond acceptors (Lipinski definition) is 8. The van der Waals surface area contributed by atoms with E-state index in [2.05, 4.69) is 15.0 Å². The third-order valence-corrected chi connectivity index (χ3v) is 7.51. The molecule has 0 amide bonds. The zero-order chi connectivity index (χ0) is 25.5. The summed E-state index contributed by atoms with van der Waals surface area (Å²) in [5.41, 5.74) is 1.08. The molecule has 3 aromatic rings. The van der Waals surface area contributed by atoms with Gasteiger partial charge in [0.15, 0.2) is 9.84 Å². The Kier molecular flexibility index (Phi) is 6.23. The molecule has 12 heteroatoms. The van der Waals surface area contributed by atoms with E-state index in [9.17, 15) is 21.6 Å². The molecule has 0 unspecified atom stereocenters. The number of sulfone groups is 1. The van der Waals surface area contributed by atoms with E-state index in [0.717, 1.165) is 17.3 Å². The lowest BCUT2D eigenvalue weighted by Crippen LogP contribution is -2.39. The summed E-state index contributed by atoms with van der Waals surface area (Å²) in [5, 5.41) is 0. The molecule has 36 heavy (non-hydrogen) atoms. The van der Waals surface area contributed by atoms with E-state index in [4.69, 9.17) is 4.74 Å². The Bertz CT molecular complexity index is 1380. The molecule has 1 fully saturated rings. The van der Waals surface area contributed by atoms with Crippen molar-refractivity contribution >= 4 is 27.2 Å². The molecule has 4 heterocycles. The molecule has 0 radical (unpaired) electrons. The number of alkyl halides is 3. The van der Waals surface area contributed by atoms with E-state index in [0.29, 0.717) is 50.6 Å². The third kappa shape index (κ3) is 4.95. The predicted octanol–water partition coefficient (Wildman–Crippen LogP) is 4.04. The van der Waals surface area contributed by atoms with Crippen LogP contribution in [0, 0.1) is 0 Å². The summed E-state index contributed by atoms with van der Waals surface area (Å²) in [7, 11) is -3.29. The molecule has 2 aromatic heterocycles. The molecule has 0 saturated carbocycles. The van der Waals surface area contributed by atoms with Gasteiger partial charge in [-0.25, -0.2) is 23.4 Å². The average Bonchev–Trinajstić information content (AvgIpc) is 3.27. The largest absolute Gasteiger partial charge is 0.474 e. The number of fused-ring (bicyclic) bond motifs is 1. The smallest absolute Gasteiger partial charge is 0.419 e. The first-order valence-electron chi connectivity index (χ1n) is 11.5. The van der Waals surface area contributed by atoms with Gasteiger partial charge in [0.1, 0.15) is 24.1 Å². The van der Waals surface area contributed by atoms with Gasteiger partial charge in [-0.3, -0.25) is 0 Å². The minimum absolute atomic E-state index is 0.0560. The number of benzene rings is 1. The van der Waals surface area contributed by atoms with E-state index in [1.807, 2.05) is 4.90 Å². The lowest BCUT2D eigenvalue weighted by Gasteiger charge is -2.33. The standard InChI is InChI=1S/C24H24F3N5O3S/c1-36(33,34)18-4-5-20-16(13-18)6-12-32(20)21-14-22(30-15-29-21)35-17-7-10-31(11-8-17)23-19(24(25,26)27)3-2-9-28-23/h2-5,9,13-15,17H,6-8,10-12H2,1H3. The quantitative estimate of drug-likeness (QED) is 0.499. The number of ether oxygens (including phenoxy) is 1. The first-order valence-corrected chi connectivity index (χ1v) is 13.3. The normalized spacial score (nSPS) is 16.8. The predicted molar refractivity (Wildman–Crippen MR) is 127 cm³/mol. The second-order valence-electron chi connectivity index (χ2n) is 8.86. The fourth-order valence-electron chi connectivity index (χ4n) is 4.62. The van der Waals surface area contributed by atoms with Crippen LogP contribution in [0.4, 0.5) is 30.5 Å². The maximum Gasteiger partial charge on any atom is 0.419 e. The SMILES string of the molecule is CS(=O)(=O)c1ccc2c(c1)CCN2c1cc(OC2CCN(c3ncccc3C(F)(F)F)CC2)ncn1. The molecule has 0 atom stereocenters. The summed E-state index contributed by atoms with van der Waals surface area (Å²) < 4.78 is 69.9. The first kappa shape index (κ1) is 24.3. The van der Waals surface area contributed by atoms with Gasteiger partial charge in [0.2, 0.25) is 5.88 Å². The van der Waals surface area contributed by atoms with Crippen molar-refractivity contribution < 1.29 is 26.3 Å². The second-order valence-corrected chi connectivity index (χ2v) is 10.9. The summed E-state index contributed by atoms with van der Waals surface area (Å²) in [4.78, 5) is 16.5. The van der Waals surface area contributed by atoms with Gasteiger partial charge in [-0.2, -0.15) is 13.2 Å². The van der Waals surface area contributed by atoms with E-state index in [-0.39, 0.29) is 16.8 Å². The monoisotopic (exact) mass is 519 g/mol. The van der Waals surface area contributed by atoms with Gasteiger partial charge in [0.25, 0.3) is 0 Å². The fraction of sp³-hybridized carbons (Fsp3) is 0.375. The minimum atomic E-state index is -4.46. The van der Waals surface area contributed by atoms with Crippen molar-refractivity contribution in [1.82, 2.24) is 15.0 Å². The molecule has 0 N–H and O–H groups in total. The van der Waals surface area contributed by atoms with Crippen LogP contribution in [0.15, 0.2) is 53.8 Å². The van der Waals surface area contributed by atoms with Gasteiger partial charge >= 0.3 is 6.18 Å². The van der Waals surface area contributed by atoms with Crippen molar-refractivity contribution in [3.63, 3.8) is 0 Å². The van der Waals surface area contributed by atoms with Crippen LogP contribution in [0.25, 0.3) is 0 Å². The molecule has 2 aliphatic heterocycles. The molecule has 190 valence electrons. The summed E-state index contributed by atoms with van der Waals surface area (Å²) >= 11 is 0. The Labute approximate surface area is 206 Å². The van der Waals surface area contributed by atoms with Crippen LogP contribution in [-0.2, 0) is 22.4 Å².